The molecule has 0 aliphatic carbocycles. The number of carbonyl (C=O) groups is 1. The highest BCUT2D eigenvalue weighted by atomic mass is 32.2. The molecule has 3 heterocycles. The summed E-state index contributed by atoms with van der Waals surface area (Å²) in [5, 5.41) is 2.69. The van der Waals surface area contributed by atoms with E-state index in [1.165, 1.54) is 4.90 Å². The molecule has 0 bridgehead atoms. The van der Waals surface area contributed by atoms with E-state index >= 15 is 0 Å². The number of anilines is 1. The molecule has 1 aromatic rings. The highest BCUT2D eigenvalue weighted by molar-refractivity contribution is 7.91. The van der Waals surface area contributed by atoms with Crippen molar-refractivity contribution in [1.29, 1.82) is 0 Å². The van der Waals surface area contributed by atoms with Crippen LogP contribution in [0, 0.1) is 0 Å². The Kier molecular flexibility index (Phi) is 2.12. The summed E-state index contributed by atoms with van der Waals surface area (Å²) >= 11 is 0. The van der Waals surface area contributed by atoms with Gasteiger partial charge in [-0.2, -0.15) is 0 Å². The van der Waals surface area contributed by atoms with E-state index in [0.29, 0.717) is 5.82 Å². The number of hydrogen-bond acceptors (Lipinski definition) is 4. The molecule has 0 radical (unpaired) electrons. The zero-order chi connectivity index (χ0) is 12.0. The number of urea groups is 1. The van der Waals surface area contributed by atoms with E-state index in [-0.39, 0.29) is 29.6 Å². The zero-order valence-corrected chi connectivity index (χ0v) is 9.72. The minimum atomic E-state index is -3.05. The third kappa shape index (κ3) is 1.66. The van der Waals surface area contributed by atoms with Crippen molar-refractivity contribution in [2.75, 3.05) is 16.4 Å². The van der Waals surface area contributed by atoms with Gasteiger partial charge in [0.1, 0.15) is 5.82 Å². The molecule has 2 atom stereocenters. The van der Waals surface area contributed by atoms with Crippen LogP contribution in [0.1, 0.15) is 0 Å². The van der Waals surface area contributed by atoms with Crippen LogP contribution in [0.25, 0.3) is 0 Å². The normalized spacial score (nSPS) is 30.1. The van der Waals surface area contributed by atoms with Gasteiger partial charge in [-0.3, -0.25) is 4.90 Å². The summed E-state index contributed by atoms with van der Waals surface area (Å²) in [6.45, 7) is 0. The van der Waals surface area contributed by atoms with Crippen molar-refractivity contribution in [3.63, 3.8) is 0 Å². The standard InChI is InChI=1S/C10H11N3O3S/c14-10-12-7-5-17(15,16)6-8(7)13(10)9-3-1-2-4-11-9/h1-4,7-8H,5-6H2,(H,12,14)/t7-,8+/m1/s1. The molecule has 0 saturated carbocycles. The van der Waals surface area contributed by atoms with Crippen molar-refractivity contribution in [3.8, 4) is 0 Å². The molecule has 1 N–H and O–H groups in total. The minimum absolute atomic E-state index is 0.00693. The number of hydrogen-bond donors (Lipinski definition) is 1. The van der Waals surface area contributed by atoms with Crippen molar-refractivity contribution in [1.82, 2.24) is 10.3 Å². The molecule has 2 saturated heterocycles. The fourth-order valence-electron chi connectivity index (χ4n) is 2.37. The quantitative estimate of drug-likeness (QED) is 0.702. The lowest BCUT2D eigenvalue weighted by atomic mass is 10.2. The van der Waals surface area contributed by atoms with Gasteiger partial charge in [-0.15, -0.1) is 0 Å². The Bertz CT molecular complexity index is 557. The zero-order valence-electron chi connectivity index (χ0n) is 8.91. The minimum Gasteiger partial charge on any atom is -0.332 e. The van der Waals surface area contributed by atoms with Crippen LogP contribution in [-0.4, -0.2) is 43.0 Å². The van der Waals surface area contributed by atoms with Crippen molar-refractivity contribution >= 4 is 21.7 Å². The molecule has 2 aliphatic heterocycles. The van der Waals surface area contributed by atoms with Gasteiger partial charge in [-0.05, 0) is 12.1 Å². The highest BCUT2D eigenvalue weighted by Gasteiger charge is 2.49. The molecule has 3 rings (SSSR count). The second-order valence-corrected chi connectivity index (χ2v) is 6.41. The predicted octanol–water partition coefficient (Wildman–Crippen LogP) is -0.223. The summed E-state index contributed by atoms with van der Waals surface area (Å²) in [7, 11) is -3.05. The van der Waals surface area contributed by atoms with Gasteiger partial charge < -0.3 is 5.32 Å². The molecule has 90 valence electrons. The van der Waals surface area contributed by atoms with E-state index in [1.54, 1.807) is 24.4 Å². The maximum Gasteiger partial charge on any atom is 0.323 e. The second kappa shape index (κ2) is 3.43. The molecular formula is C10H11N3O3S. The van der Waals surface area contributed by atoms with Gasteiger partial charge in [0.05, 0.1) is 23.6 Å². The largest absolute Gasteiger partial charge is 0.332 e. The first-order chi connectivity index (χ1) is 8.07. The number of nitrogens with zero attached hydrogens (tertiary/aromatic N) is 2. The molecule has 2 amide bonds. The van der Waals surface area contributed by atoms with Crippen LogP contribution in [0.3, 0.4) is 0 Å². The topological polar surface area (TPSA) is 79.4 Å². The number of nitrogens with one attached hydrogen (secondary N) is 1. The fourth-order valence-corrected chi connectivity index (χ4v) is 4.26. The molecule has 0 spiro atoms. The van der Waals surface area contributed by atoms with Crippen LogP contribution in [0.5, 0.6) is 0 Å². The van der Waals surface area contributed by atoms with Crippen LogP contribution >= 0.6 is 0 Å². The lowest BCUT2D eigenvalue weighted by molar-refractivity contribution is 0.251. The monoisotopic (exact) mass is 253 g/mol. The van der Waals surface area contributed by atoms with E-state index in [9.17, 15) is 13.2 Å². The summed E-state index contributed by atoms with van der Waals surface area (Å²) in [6.07, 6.45) is 1.58. The molecule has 1 aromatic heterocycles. The Morgan fingerprint density at radius 3 is 2.88 bits per heavy atom. The number of pyridine rings is 1. The van der Waals surface area contributed by atoms with Gasteiger partial charge in [0.15, 0.2) is 9.84 Å². The van der Waals surface area contributed by atoms with Gasteiger partial charge >= 0.3 is 6.03 Å². The van der Waals surface area contributed by atoms with Crippen molar-refractivity contribution in [2.24, 2.45) is 0 Å². The molecule has 0 unspecified atom stereocenters. The number of rotatable bonds is 1. The van der Waals surface area contributed by atoms with Gasteiger partial charge in [-0.1, -0.05) is 6.07 Å². The SMILES string of the molecule is O=C1N[C@@H]2CS(=O)(=O)C[C@@H]2N1c1ccccn1. The Labute approximate surface area is 98.6 Å². The average Bonchev–Trinajstić information content (AvgIpc) is 2.69. The summed E-state index contributed by atoms with van der Waals surface area (Å²) < 4.78 is 23.1. The van der Waals surface area contributed by atoms with Gasteiger partial charge in [0.2, 0.25) is 0 Å². The molecule has 0 aromatic carbocycles. The van der Waals surface area contributed by atoms with Crippen LogP contribution < -0.4 is 10.2 Å². The lowest BCUT2D eigenvalue weighted by Gasteiger charge is -2.19. The Morgan fingerprint density at radius 2 is 2.18 bits per heavy atom. The van der Waals surface area contributed by atoms with E-state index in [1.807, 2.05) is 0 Å². The number of aromatic nitrogens is 1. The smallest absolute Gasteiger partial charge is 0.323 e. The maximum atomic E-state index is 11.8. The van der Waals surface area contributed by atoms with Gasteiger partial charge in [-0.25, -0.2) is 18.2 Å². The fraction of sp³-hybridized carbons (Fsp3) is 0.400. The third-order valence-electron chi connectivity index (χ3n) is 3.08. The number of sulfone groups is 1. The average molecular weight is 253 g/mol. The summed E-state index contributed by atoms with van der Waals surface area (Å²) in [4.78, 5) is 17.3. The summed E-state index contributed by atoms with van der Waals surface area (Å²) in [5.74, 6) is 0.523. The maximum absolute atomic E-state index is 11.8. The van der Waals surface area contributed by atoms with Gasteiger partial charge in [0.25, 0.3) is 0 Å². The van der Waals surface area contributed by atoms with Crippen molar-refractivity contribution in [2.45, 2.75) is 12.1 Å². The molecular weight excluding hydrogens is 242 g/mol. The van der Waals surface area contributed by atoms with E-state index in [4.69, 9.17) is 0 Å². The summed E-state index contributed by atoms with van der Waals surface area (Å²) in [5.41, 5.74) is 0. The summed E-state index contributed by atoms with van der Waals surface area (Å²) in [6, 6.07) is 4.31. The molecule has 7 heteroatoms. The van der Waals surface area contributed by atoms with Crippen LogP contribution in [0.4, 0.5) is 10.6 Å². The van der Waals surface area contributed by atoms with Crippen LogP contribution in [0.2, 0.25) is 0 Å². The first-order valence-electron chi connectivity index (χ1n) is 5.28. The third-order valence-corrected chi connectivity index (χ3v) is 4.79. The van der Waals surface area contributed by atoms with Crippen LogP contribution in [-0.2, 0) is 9.84 Å². The highest BCUT2D eigenvalue weighted by Crippen LogP contribution is 2.27. The van der Waals surface area contributed by atoms with E-state index in [0.717, 1.165) is 0 Å². The second-order valence-electron chi connectivity index (χ2n) is 4.26. The van der Waals surface area contributed by atoms with Gasteiger partial charge in [0, 0.05) is 6.20 Å². The lowest BCUT2D eigenvalue weighted by Crippen LogP contribution is -2.37. The Morgan fingerprint density at radius 1 is 1.35 bits per heavy atom. The molecule has 2 aliphatic rings. The molecule has 2 fully saturated rings. The van der Waals surface area contributed by atoms with Crippen LogP contribution in [0.15, 0.2) is 24.4 Å². The molecule has 17 heavy (non-hydrogen) atoms. The Hall–Kier alpha value is -1.63. The first kappa shape index (κ1) is 10.5. The number of fused-ring (bicyclic) bond motifs is 1. The number of carbonyl (C=O) groups excluding carboxylic acids is 1. The van der Waals surface area contributed by atoms with E-state index < -0.39 is 9.84 Å². The number of amides is 2. The first-order valence-corrected chi connectivity index (χ1v) is 7.10. The molecule has 6 nitrogen and oxygen atoms in total. The van der Waals surface area contributed by atoms with Crippen molar-refractivity contribution in [3.05, 3.63) is 24.4 Å². The Balaban J connectivity index is 1.98. The van der Waals surface area contributed by atoms with Crippen molar-refractivity contribution < 1.29 is 13.2 Å². The van der Waals surface area contributed by atoms with E-state index in [2.05, 4.69) is 10.3 Å². The predicted molar refractivity (Wildman–Crippen MR) is 61.5 cm³/mol.